The number of hydrogen-bond acceptors (Lipinski definition) is 1. The van der Waals surface area contributed by atoms with Crippen LogP contribution in [0.4, 0.5) is 0 Å². The molecule has 1 heterocycles. The minimum absolute atomic E-state index is 0.954. The molecule has 1 saturated carbocycles. The zero-order valence-corrected chi connectivity index (χ0v) is 8.26. The van der Waals surface area contributed by atoms with E-state index < -0.39 is 0 Å². The lowest BCUT2D eigenvalue weighted by atomic mass is 10.1. The van der Waals surface area contributed by atoms with Crippen LogP contribution in [0.5, 0.6) is 0 Å². The molecule has 0 aromatic rings. The van der Waals surface area contributed by atoms with Gasteiger partial charge in [0.25, 0.3) is 0 Å². The van der Waals surface area contributed by atoms with E-state index in [1.54, 1.807) is 0 Å². The van der Waals surface area contributed by atoms with E-state index in [4.69, 9.17) is 0 Å². The van der Waals surface area contributed by atoms with Crippen molar-refractivity contribution in [3.8, 4) is 0 Å². The van der Waals surface area contributed by atoms with Gasteiger partial charge >= 0.3 is 0 Å². The molecule has 0 aromatic carbocycles. The second-order valence-electron chi connectivity index (χ2n) is 4.52. The summed E-state index contributed by atoms with van der Waals surface area (Å²) in [6, 6.07) is 0.954. The Balaban J connectivity index is 1.76. The van der Waals surface area contributed by atoms with Gasteiger partial charge in [-0.15, -0.1) is 0 Å². The Labute approximate surface area is 76.1 Å². The van der Waals surface area contributed by atoms with Gasteiger partial charge in [0.2, 0.25) is 0 Å². The van der Waals surface area contributed by atoms with Gasteiger partial charge in [0.1, 0.15) is 0 Å². The second kappa shape index (κ2) is 3.78. The molecule has 0 unspecified atom stereocenters. The maximum atomic E-state index is 2.75. The van der Waals surface area contributed by atoms with E-state index >= 15 is 0 Å². The van der Waals surface area contributed by atoms with Crippen LogP contribution in [0.3, 0.4) is 0 Å². The van der Waals surface area contributed by atoms with E-state index in [9.17, 15) is 0 Å². The fraction of sp³-hybridized carbons (Fsp3) is 1.00. The highest BCUT2D eigenvalue weighted by Crippen LogP contribution is 2.33. The Morgan fingerprint density at radius 2 is 2.08 bits per heavy atom. The number of nitrogens with zero attached hydrogens (tertiary/aromatic N) is 1. The highest BCUT2D eigenvalue weighted by atomic mass is 15.2. The van der Waals surface area contributed by atoms with Crippen LogP contribution in [0.15, 0.2) is 0 Å². The summed E-state index contributed by atoms with van der Waals surface area (Å²) < 4.78 is 0. The Hall–Kier alpha value is -0.0400. The van der Waals surface area contributed by atoms with Crippen LogP contribution in [0.1, 0.15) is 45.4 Å². The highest BCUT2D eigenvalue weighted by Gasteiger charge is 2.30. The molecular formula is C11H21N. The third-order valence-corrected chi connectivity index (χ3v) is 3.31. The summed E-state index contributed by atoms with van der Waals surface area (Å²) in [6.07, 6.45) is 8.75. The van der Waals surface area contributed by atoms with Crippen LogP contribution >= 0.6 is 0 Å². The first-order valence-corrected chi connectivity index (χ1v) is 5.64. The van der Waals surface area contributed by atoms with Gasteiger partial charge in [-0.05, 0) is 44.6 Å². The fourth-order valence-corrected chi connectivity index (χ4v) is 2.43. The van der Waals surface area contributed by atoms with Crippen LogP contribution in [-0.4, -0.2) is 24.0 Å². The van der Waals surface area contributed by atoms with Gasteiger partial charge in [-0.1, -0.05) is 13.3 Å². The van der Waals surface area contributed by atoms with Gasteiger partial charge in [-0.2, -0.15) is 0 Å². The summed E-state index contributed by atoms with van der Waals surface area (Å²) in [5.41, 5.74) is 0. The normalized spacial score (nSPS) is 31.2. The average Bonchev–Trinajstić information content (AvgIpc) is 2.76. The molecule has 0 N–H and O–H groups in total. The van der Waals surface area contributed by atoms with E-state index in [1.807, 2.05) is 0 Å². The molecule has 2 fully saturated rings. The third-order valence-electron chi connectivity index (χ3n) is 3.31. The first-order valence-electron chi connectivity index (χ1n) is 5.64. The van der Waals surface area contributed by atoms with Gasteiger partial charge in [-0.3, -0.25) is 0 Å². The Bertz CT molecular complexity index is 140. The lowest BCUT2D eigenvalue weighted by molar-refractivity contribution is 0.232. The molecule has 2 aliphatic rings. The molecule has 2 rings (SSSR count). The second-order valence-corrected chi connectivity index (χ2v) is 4.52. The average molecular weight is 167 g/mol. The van der Waals surface area contributed by atoms with Crippen LogP contribution < -0.4 is 0 Å². The number of likely N-dealkylation sites (tertiary alicyclic amines) is 1. The summed E-state index contributed by atoms with van der Waals surface area (Å²) in [5.74, 6) is 1.09. The van der Waals surface area contributed by atoms with E-state index in [-0.39, 0.29) is 0 Å². The summed E-state index contributed by atoms with van der Waals surface area (Å²) >= 11 is 0. The predicted octanol–water partition coefficient (Wildman–Crippen LogP) is 2.66. The van der Waals surface area contributed by atoms with Crippen molar-refractivity contribution in [1.29, 1.82) is 0 Å². The topological polar surface area (TPSA) is 3.24 Å². The zero-order chi connectivity index (χ0) is 8.39. The van der Waals surface area contributed by atoms with Gasteiger partial charge < -0.3 is 4.90 Å². The minimum atomic E-state index is 0.954. The van der Waals surface area contributed by atoms with E-state index in [0.29, 0.717) is 0 Å². The van der Waals surface area contributed by atoms with Crippen molar-refractivity contribution in [2.45, 2.75) is 51.5 Å². The van der Waals surface area contributed by atoms with Crippen molar-refractivity contribution in [1.82, 2.24) is 4.90 Å². The van der Waals surface area contributed by atoms with Crippen molar-refractivity contribution < 1.29 is 0 Å². The molecule has 1 aliphatic heterocycles. The largest absolute Gasteiger partial charge is 0.300 e. The molecule has 1 nitrogen and oxygen atoms in total. The summed E-state index contributed by atoms with van der Waals surface area (Å²) in [5, 5.41) is 0. The standard InChI is InChI=1S/C11H21N/c1-2-4-11-5-3-8-12(11)9-10-6-7-10/h10-11H,2-9H2,1H3/t11-/m0/s1. The molecule has 12 heavy (non-hydrogen) atoms. The summed E-state index contributed by atoms with van der Waals surface area (Å²) in [7, 11) is 0. The summed E-state index contributed by atoms with van der Waals surface area (Å²) in [4.78, 5) is 2.75. The van der Waals surface area contributed by atoms with Crippen LogP contribution in [0, 0.1) is 5.92 Å². The highest BCUT2D eigenvalue weighted by molar-refractivity contribution is 4.84. The minimum Gasteiger partial charge on any atom is -0.300 e. The molecule has 70 valence electrons. The molecular weight excluding hydrogens is 146 g/mol. The van der Waals surface area contributed by atoms with Gasteiger partial charge in [0.15, 0.2) is 0 Å². The molecule has 1 heteroatoms. The molecule has 0 radical (unpaired) electrons. The van der Waals surface area contributed by atoms with E-state index in [2.05, 4.69) is 11.8 Å². The van der Waals surface area contributed by atoms with Crippen molar-refractivity contribution in [3.05, 3.63) is 0 Å². The predicted molar refractivity (Wildman–Crippen MR) is 52.2 cm³/mol. The molecule has 0 aromatic heterocycles. The van der Waals surface area contributed by atoms with Crippen molar-refractivity contribution in [3.63, 3.8) is 0 Å². The molecule has 0 spiro atoms. The van der Waals surface area contributed by atoms with Crippen molar-refractivity contribution in [2.24, 2.45) is 5.92 Å². The van der Waals surface area contributed by atoms with Crippen LogP contribution in [-0.2, 0) is 0 Å². The molecule has 0 amide bonds. The van der Waals surface area contributed by atoms with Crippen molar-refractivity contribution in [2.75, 3.05) is 13.1 Å². The molecule has 1 aliphatic carbocycles. The van der Waals surface area contributed by atoms with Crippen molar-refractivity contribution >= 4 is 0 Å². The summed E-state index contributed by atoms with van der Waals surface area (Å²) in [6.45, 7) is 5.12. The third kappa shape index (κ3) is 2.01. The number of rotatable bonds is 4. The monoisotopic (exact) mass is 167 g/mol. The molecule has 1 atom stereocenters. The Kier molecular flexibility index (Phi) is 2.69. The lowest BCUT2D eigenvalue weighted by Crippen LogP contribution is -2.31. The SMILES string of the molecule is CCC[C@H]1CCCN1CC1CC1. The van der Waals surface area contributed by atoms with Crippen LogP contribution in [0.2, 0.25) is 0 Å². The van der Waals surface area contributed by atoms with Gasteiger partial charge in [-0.25, -0.2) is 0 Å². The lowest BCUT2D eigenvalue weighted by Gasteiger charge is -2.23. The first-order chi connectivity index (χ1) is 5.90. The maximum Gasteiger partial charge on any atom is 0.00957 e. The van der Waals surface area contributed by atoms with Gasteiger partial charge in [0, 0.05) is 12.6 Å². The first kappa shape index (κ1) is 8.55. The maximum absolute atomic E-state index is 2.75. The zero-order valence-electron chi connectivity index (χ0n) is 8.26. The van der Waals surface area contributed by atoms with E-state index in [0.717, 1.165) is 12.0 Å². The Morgan fingerprint density at radius 1 is 1.25 bits per heavy atom. The molecule has 0 bridgehead atoms. The fourth-order valence-electron chi connectivity index (χ4n) is 2.43. The molecule has 1 saturated heterocycles. The smallest absolute Gasteiger partial charge is 0.00957 e. The van der Waals surface area contributed by atoms with E-state index in [1.165, 1.54) is 51.6 Å². The quantitative estimate of drug-likeness (QED) is 0.622. The van der Waals surface area contributed by atoms with Crippen LogP contribution in [0.25, 0.3) is 0 Å². The Morgan fingerprint density at radius 3 is 2.75 bits per heavy atom. The van der Waals surface area contributed by atoms with Gasteiger partial charge in [0.05, 0.1) is 0 Å². The number of hydrogen-bond donors (Lipinski definition) is 0.